The summed E-state index contributed by atoms with van der Waals surface area (Å²) in [5, 5.41) is 2.81. The Bertz CT molecular complexity index is 707. The van der Waals surface area contributed by atoms with Crippen LogP contribution in [0.25, 0.3) is 0 Å². The Kier molecular flexibility index (Phi) is 4.42. The number of rotatable bonds is 4. The van der Waals surface area contributed by atoms with E-state index in [2.05, 4.69) is 5.32 Å². The molecule has 21 heavy (non-hydrogen) atoms. The molecule has 2 aromatic rings. The minimum Gasteiger partial charge on any atom is -0.497 e. The van der Waals surface area contributed by atoms with E-state index in [1.807, 2.05) is 31.2 Å². The average Bonchev–Trinajstić information content (AvgIpc) is 2.50. The van der Waals surface area contributed by atoms with Crippen LogP contribution in [0.1, 0.15) is 18.4 Å². The van der Waals surface area contributed by atoms with Crippen LogP contribution in [0.5, 0.6) is 5.75 Å². The van der Waals surface area contributed by atoms with Gasteiger partial charge in [0.25, 0.3) is 0 Å². The third-order valence-corrected chi connectivity index (χ3v) is 3.34. The molecule has 0 aliphatic rings. The number of nitrogens with one attached hydrogen (secondary N) is 1. The second-order valence-electron chi connectivity index (χ2n) is 4.85. The van der Waals surface area contributed by atoms with E-state index >= 15 is 0 Å². The molecular formula is C16H18N2O3. The Balaban J connectivity index is 2.15. The van der Waals surface area contributed by atoms with Gasteiger partial charge in [0.2, 0.25) is 11.5 Å². The monoisotopic (exact) mass is 286 g/mol. The molecule has 1 aromatic heterocycles. The number of methoxy groups -OCH3 is 1. The lowest BCUT2D eigenvalue weighted by Crippen LogP contribution is -2.21. The quantitative estimate of drug-likeness (QED) is 0.936. The Morgan fingerprint density at radius 1 is 1.29 bits per heavy atom. The SMILES string of the molecule is COc1cccc([C@@H](C)C(=O)Nc2ccc(=O)n(C)c2)c1. The maximum absolute atomic E-state index is 12.3. The zero-order valence-electron chi connectivity index (χ0n) is 12.3. The Labute approximate surface area is 123 Å². The first-order valence-electron chi connectivity index (χ1n) is 6.63. The van der Waals surface area contributed by atoms with Crippen molar-refractivity contribution in [3.05, 3.63) is 58.5 Å². The number of carbonyl (C=O) groups is 1. The lowest BCUT2D eigenvalue weighted by molar-refractivity contribution is -0.117. The minimum atomic E-state index is -0.322. The molecule has 5 nitrogen and oxygen atoms in total. The number of benzene rings is 1. The third kappa shape index (κ3) is 3.51. The number of ether oxygens (including phenoxy) is 1. The molecule has 0 saturated heterocycles. The number of aromatic nitrogens is 1. The number of amides is 1. The van der Waals surface area contributed by atoms with Crippen molar-refractivity contribution in [1.82, 2.24) is 4.57 Å². The third-order valence-electron chi connectivity index (χ3n) is 3.34. The maximum atomic E-state index is 12.3. The van der Waals surface area contributed by atoms with E-state index in [9.17, 15) is 9.59 Å². The predicted octanol–water partition coefficient (Wildman–Crippen LogP) is 2.14. The minimum absolute atomic E-state index is 0.117. The van der Waals surface area contributed by atoms with Gasteiger partial charge in [-0.1, -0.05) is 12.1 Å². The number of nitrogens with zero attached hydrogens (tertiary/aromatic N) is 1. The van der Waals surface area contributed by atoms with E-state index in [0.29, 0.717) is 11.4 Å². The van der Waals surface area contributed by atoms with Crippen LogP contribution >= 0.6 is 0 Å². The van der Waals surface area contributed by atoms with E-state index in [0.717, 1.165) is 5.56 Å². The molecule has 2 rings (SSSR count). The zero-order valence-corrected chi connectivity index (χ0v) is 12.3. The highest BCUT2D eigenvalue weighted by atomic mass is 16.5. The second-order valence-corrected chi connectivity index (χ2v) is 4.85. The lowest BCUT2D eigenvalue weighted by atomic mass is 10.00. The Morgan fingerprint density at radius 2 is 2.05 bits per heavy atom. The van der Waals surface area contributed by atoms with Crippen molar-refractivity contribution in [2.24, 2.45) is 7.05 Å². The molecule has 1 N–H and O–H groups in total. The van der Waals surface area contributed by atoms with Gasteiger partial charge in [-0.2, -0.15) is 0 Å². The highest BCUT2D eigenvalue weighted by Crippen LogP contribution is 2.21. The van der Waals surface area contributed by atoms with E-state index in [1.165, 1.54) is 10.6 Å². The maximum Gasteiger partial charge on any atom is 0.250 e. The van der Waals surface area contributed by atoms with Gasteiger partial charge < -0.3 is 14.6 Å². The standard InChI is InChI=1S/C16H18N2O3/c1-11(12-5-4-6-14(9-12)21-3)16(20)17-13-7-8-15(19)18(2)10-13/h4-11H,1-3H3,(H,17,20)/t11-/m1/s1. The van der Waals surface area contributed by atoms with Gasteiger partial charge in [0, 0.05) is 19.3 Å². The zero-order chi connectivity index (χ0) is 15.4. The van der Waals surface area contributed by atoms with Crippen LogP contribution in [-0.2, 0) is 11.8 Å². The van der Waals surface area contributed by atoms with Gasteiger partial charge in [-0.05, 0) is 30.7 Å². The number of aryl methyl sites for hydroxylation is 1. The fourth-order valence-electron chi connectivity index (χ4n) is 1.98. The van der Waals surface area contributed by atoms with Crippen molar-refractivity contribution >= 4 is 11.6 Å². The molecule has 1 amide bonds. The van der Waals surface area contributed by atoms with E-state index < -0.39 is 0 Å². The van der Waals surface area contributed by atoms with Gasteiger partial charge in [-0.25, -0.2) is 0 Å². The van der Waals surface area contributed by atoms with Gasteiger partial charge in [0.15, 0.2) is 0 Å². The fraction of sp³-hybridized carbons (Fsp3) is 0.250. The summed E-state index contributed by atoms with van der Waals surface area (Å²) in [6, 6.07) is 10.4. The van der Waals surface area contributed by atoms with E-state index in [-0.39, 0.29) is 17.4 Å². The Morgan fingerprint density at radius 3 is 2.71 bits per heavy atom. The van der Waals surface area contributed by atoms with Crippen molar-refractivity contribution in [1.29, 1.82) is 0 Å². The van der Waals surface area contributed by atoms with Crippen LogP contribution in [0.15, 0.2) is 47.4 Å². The van der Waals surface area contributed by atoms with Crippen molar-refractivity contribution in [3.63, 3.8) is 0 Å². The molecule has 1 atom stereocenters. The molecule has 0 saturated carbocycles. The van der Waals surface area contributed by atoms with Crippen molar-refractivity contribution in [2.75, 3.05) is 12.4 Å². The van der Waals surface area contributed by atoms with Gasteiger partial charge in [0.05, 0.1) is 18.7 Å². The molecule has 5 heteroatoms. The molecular weight excluding hydrogens is 268 g/mol. The van der Waals surface area contributed by atoms with Crippen LogP contribution < -0.4 is 15.6 Å². The molecule has 0 aliphatic heterocycles. The first kappa shape index (κ1) is 14.8. The Hall–Kier alpha value is -2.56. The van der Waals surface area contributed by atoms with E-state index in [4.69, 9.17) is 4.74 Å². The lowest BCUT2D eigenvalue weighted by Gasteiger charge is -2.14. The predicted molar refractivity (Wildman–Crippen MR) is 81.7 cm³/mol. The van der Waals surface area contributed by atoms with Crippen LogP contribution in [0.4, 0.5) is 5.69 Å². The second kappa shape index (κ2) is 6.26. The molecule has 0 spiro atoms. The normalized spacial score (nSPS) is 11.8. The molecule has 1 aromatic carbocycles. The molecule has 0 radical (unpaired) electrons. The summed E-state index contributed by atoms with van der Waals surface area (Å²) < 4.78 is 6.58. The smallest absolute Gasteiger partial charge is 0.250 e. The average molecular weight is 286 g/mol. The largest absolute Gasteiger partial charge is 0.497 e. The number of hydrogen-bond acceptors (Lipinski definition) is 3. The molecule has 110 valence electrons. The summed E-state index contributed by atoms with van der Waals surface area (Å²) in [6.45, 7) is 1.83. The van der Waals surface area contributed by atoms with Crippen LogP contribution in [0.3, 0.4) is 0 Å². The number of pyridine rings is 1. The topological polar surface area (TPSA) is 60.3 Å². The number of hydrogen-bond donors (Lipinski definition) is 1. The summed E-state index contributed by atoms with van der Waals surface area (Å²) in [5.41, 5.74) is 1.35. The highest BCUT2D eigenvalue weighted by molar-refractivity contribution is 5.95. The summed E-state index contributed by atoms with van der Waals surface area (Å²) in [7, 11) is 3.23. The summed E-state index contributed by atoms with van der Waals surface area (Å²) in [6.07, 6.45) is 1.60. The van der Waals surface area contributed by atoms with Crippen LogP contribution in [0, 0.1) is 0 Å². The van der Waals surface area contributed by atoms with Crippen LogP contribution in [-0.4, -0.2) is 17.6 Å². The van der Waals surface area contributed by atoms with E-state index in [1.54, 1.807) is 26.4 Å². The molecule has 0 unspecified atom stereocenters. The molecule has 0 aliphatic carbocycles. The first-order valence-corrected chi connectivity index (χ1v) is 6.63. The molecule has 0 bridgehead atoms. The van der Waals surface area contributed by atoms with Gasteiger partial charge >= 0.3 is 0 Å². The summed E-state index contributed by atoms with van der Waals surface area (Å²) >= 11 is 0. The molecule has 0 fully saturated rings. The highest BCUT2D eigenvalue weighted by Gasteiger charge is 2.16. The van der Waals surface area contributed by atoms with Crippen molar-refractivity contribution in [2.45, 2.75) is 12.8 Å². The summed E-state index contributed by atoms with van der Waals surface area (Å²) in [5.74, 6) is 0.258. The van der Waals surface area contributed by atoms with Gasteiger partial charge in [-0.15, -0.1) is 0 Å². The molecule has 1 heterocycles. The number of anilines is 1. The fourth-order valence-corrected chi connectivity index (χ4v) is 1.98. The number of carbonyl (C=O) groups excluding carboxylic acids is 1. The summed E-state index contributed by atoms with van der Waals surface area (Å²) in [4.78, 5) is 23.6. The van der Waals surface area contributed by atoms with Gasteiger partial charge in [-0.3, -0.25) is 9.59 Å². The van der Waals surface area contributed by atoms with Crippen molar-refractivity contribution < 1.29 is 9.53 Å². The first-order chi connectivity index (χ1) is 10.0. The van der Waals surface area contributed by atoms with Crippen LogP contribution in [0.2, 0.25) is 0 Å². The van der Waals surface area contributed by atoms with Gasteiger partial charge in [0.1, 0.15) is 5.75 Å². The van der Waals surface area contributed by atoms with Crippen molar-refractivity contribution in [3.8, 4) is 5.75 Å².